The van der Waals surface area contributed by atoms with Gasteiger partial charge in [-0.25, -0.2) is 0 Å². The maximum atomic E-state index is 3.62. The molecule has 0 radical (unpaired) electrons. The minimum absolute atomic E-state index is 0.210. The van der Waals surface area contributed by atoms with E-state index in [1.165, 1.54) is 11.1 Å². The van der Waals surface area contributed by atoms with Crippen molar-refractivity contribution in [1.82, 2.24) is 10.2 Å². The van der Waals surface area contributed by atoms with Crippen molar-refractivity contribution in [2.24, 2.45) is 5.92 Å². The van der Waals surface area contributed by atoms with Crippen molar-refractivity contribution in [3.8, 4) is 0 Å². The second-order valence-electron chi connectivity index (χ2n) is 7.02. The van der Waals surface area contributed by atoms with Crippen molar-refractivity contribution in [1.29, 1.82) is 0 Å². The van der Waals surface area contributed by atoms with E-state index in [1.807, 2.05) is 0 Å². The molecule has 0 aromatic heterocycles. The van der Waals surface area contributed by atoms with E-state index in [2.05, 4.69) is 69.1 Å². The Morgan fingerprint density at radius 3 is 2.11 bits per heavy atom. The molecule has 2 rings (SSSR count). The van der Waals surface area contributed by atoms with Crippen molar-refractivity contribution in [2.75, 3.05) is 6.54 Å². The quantitative estimate of drug-likeness (QED) is 0.892. The highest BCUT2D eigenvalue weighted by atomic mass is 15.2. The Morgan fingerprint density at radius 1 is 1.11 bits per heavy atom. The summed E-state index contributed by atoms with van der Waals surface area (Å²) in [7, 11) is 0. The van der Waals surface area contributed by atoms with Gasteiger partial charge < -0.3 is 5.32 Å². The fourth-order valence-electron chi connectivity index (χ4n) is 2.65. The average Bonchev–Trinajstić information content (AvgIpc) is 2.77. The van der Waals surface area contributed by atoms with E-state index in [4.69, 9.17) is 0 Å². The first-order valence-electron chi connectivity index (χ1n) is 7.42. The van der Waals surface area contributed by atoms with Crippen LogP contribution in [0.15, 0.2) is 24.3 Å². The normalized spacial score (nSPS) is 19.2. The summed E-state index contributed by atoms with van der Waals surface area (Å²) in [6.45, 7) is 14.7. The lowest BCUT2D eigenvalue weighted by Crippen LogP contribution is -2.44. The highest BCUT2D eigenvalue weighted by Crippen LogP contribution is 2.26. The third-order valence-electron chi connectivity index (χ3n) is 4.22. The Bertz CT molecular complexity index is 395. The molecule has 106 valence electrons. The van der Waals surface area contributed by atoms with Crippen molar-refractivity contribution in [2.45, 2.75) is 59.3 Å². The number of rotatable bonds is 4. The molecule has 1 aromatic rings. The van der Waals surface area contributed by atoms with Crippen molar-refractivity contribution in [3.05, 3.63) is 35.4 Å². The molecule has 1 heterocycles. The van der Waals surface area contributed by atoms with Crippen LogP contribution in [0, 0.1) is 5.92 Å². The summed E-state index contributed by atoms with van der Waals surface area (Å²) in [5.74, 6) is 0.661. The molecule has 2 heteroatoms. The van der Waals surface area contributed by atoms with Gasteiger partial charge in [-0.2, -0.15) is 0 Å². The zero-order valence-electron chi connectivity index (χ0n) is 13.0. The smallest absolute Gasteiger partial charge is 0.0243 e. The van der Waals surface area contributed by atoms with Gasteiger partial charge in [-0.15, -0.1) is 0 Å². The van der Waals surface area contributed by atoms with E-state index in [0.717, 1.165) is 19.6 Å². The monoisotopic (exact) mass is 260 g/mol. The number of benzene rings is 1. The van der Waals surface area contributed by atoms with Gasteiger partial charge in [0, 0.05) is 24.7 Å². The summed E-state index contributed by atoms with van der Waals surface area (Å²) < 4.78 is 0. The SMILES string of the molecule is CC(CNC(C)(C)C)C(C)N1Cc2ccccc2C1. The third-order valence-corrected chi connectivity index (χ3v) is 4.22. The highest BCUT2D eigenvalue weighted by Gasteiger charge is 2.26. The molecule has 19 heavy (non-hydrogen) atoms. The molecule has 1 aliphatic heterocycles. The third kappa shape index (κ3) is 3.80. The molecule has 2 atom stereocenters. The topological polar surface area (TPSA) is 15.3 Å². The second-order valence-corrected chi connectivity index (χ2v) is 7.02. The molecule has 0 fully saturated rings. The summed E-state index contributed by atoms with van der Waals surface area (Å²) in [6.07, 6.45) is 0. The number of nitrogens with one attached hydrogen (secondary N) is 1. The number of hydrogen-bond acceptors (Lipinski definition) is 2. The fraction of sp³-hybridized carbons (Fsp3) is 0.647. The summed E-state index contributed by atoms with van der Waals surface area (Å²) in [4.78, 5) is 2.60. The Morgan fingerprint density at radius 2 is 1.63 bits per heavy atom. The minimum atomic E-state index is 0.210. The Balaban J connectivity index is 1.90. The van der Waals surface area contributed by atoms with Crippen molar-refractivity contribution in [3.63, 3.8) is 0 Å². The molecule has 0 aliphatic carbocycles. The van der Waals surface area contributed by atoms with Gasteiger partial charge in [0.2, 0.25) is 0 Å². The molecule has 2 unspecified atom stereocenters. The van der Waals surface area contributed by atoms with E-state index in [0.29, 0.717) is 12.0 Å². The molecule has 0 saturated carbocycles. The fourth-order valence-corrected chi connectivity index (χ4v) is 2.65. The zero-order valence-corrected chi connectivity index (χ0v) is 13.0. The van der Waals surface area contributed by atoms with Crippen LogP contribution < -0.4 is 5.32 Å². The highest BCUT2D eigenvalue weighted by molar-refractivity contribution is 5.30. The first-order chi connectivity index (χ1) is 8.87. The largest absolute Gasteiger partial charge is 0.312 e. The Labute approximate surface area is 118 Å². The first kappa shape index (κ1) is 14.5. The summed E-state index contributed by atoms with van der Waals surface area (Å²) >= 11 is 0. The molecule has 0 spiro atoms. The van der Waals surface area contributed by atoms with Gasteiger partial charge in [0.05, 0.1) is 0 Å². The van der Waals surface area contributed by atoms with Gasteiger partial charge in [-0.3, -0.25) is 4.90 Å². The Kier molecular flexibility index (Phi) is 4.32. The molecule has 0 amide bonds. The summed E-state index contributed by atoms with van der Waals surface area (Å²) in [6, 6.07) is 9.44. The molecule has 1 aromatic carbocycles. The van der Waals surface area contributed by atoms with Gasteiger partial charge in [-0.1, -0.05) is 31.2 Å². The van der Waals surface area contributed by atoms with Crippen LogP contribution in [0.25, 0.3) is 0 Å². The lowest BCUT2D eigenvalue weighted by Gasteiger charge is -2.32. The van der Waals surface area contributed by atoms with Gasteiger partial charge in [-0.05, 0) is 51.3 Å². The van der Waals surface area contributed by atoms with Crippen LogP contribution in [0.2, 0.25) is 0 Å². The maximum Gasteiger partial charge on any atom is 0.0243 e. The molecular weight excluding hydrogens is 232 g/mol. The zero-order chi connectivity index (χ0) is 14.0. The van der Waals surface area contributed by atoms with E-state index < -0.39 is 0 Å². The van der Waals surface area contributed by atoms with Crippen molar-refractivity contribution < 1.29 is 0 Å². The number of fused-ring (bicyclic) bond motifs is 1. The minimum Gasteiger partial charge on any atom is -0.312 e. The van der Waals surface area contributed by atoms with Gasteiger partial charge in [0.1, 0.15) is 0 Å². The molecule has 1 N–H and O–H groups in total. The molecular formula is C17H28N2. The summed E-state index contributed by atoms with van der Waals surface area (Å²) in [5, 5.41) is 3.62. The number of nitrogens with zero attached hydrogens (tertiary/aromatic N) is 1. The summed E-state index contributed by atoms with van der Waals surface area (Å²) in [5.41, 5.74) is 3.22. The van der Waals surface area contributed by atoms with E-state index in [-0.39, 0.29) is 5.54 Å². The van der Waals surface area contributed by atoms with Crippen LogP contribution in [-0.4, -0.2) is 23.0 Å². The molecule has 2 nitrogen and oxygen atoms in total. The standard InChI is InChI=1S/C17H28N2/c1-13(10-18-17(3,4)5)14(2)19-11-15-8-6-7-9-16(15)12-19/h6-9,13-14,18H,10-12H2,1-5H3. The van der Waals surface area contributed by atoms with Crippen LogP contribution in [0.4, 0.5) is 0 Å². The average molecular weight is 260 g/mol. The van der Waals surface area contributed by atoms with Crippen LogP contribution >= 0.6 is 0 Å². The van der Waals surface area contributed by atoms with E-state index >= 15 is 0 Å². The Hall–Kier alpha value is -0.860. The molecule has 0 saturated heterocycles. The predicted octanol–water partition coefficient (Wildman–Crippen LogP) is 3.41. The molecule has 1 aliphatic rings. The lowest BCUT2D eigenvalue weighted by atomic mass is 10.00. The predicted molar refractivity (Wildman–Crippen MR) is 82.1 cm³/mol. The van der Waals surface area contributed by atoms with Crippen LogP contribution in [-0.2, 0) is 13.1 Å². The van der Waals surface area contributed by atoms with Crippen LogP contribution in [0.1, 0.15) is 45.7 Å². The van der Waals surface area contributed by atoms with Crippen molar-refractivity contribution >= 4 is 0 Å². The van der Waals surface area contributed by atoms with Gasteiger partial charge in [0.25, 0.3) is 0 Å². The molecule has 0 bridgehead atoms. The van der Waals surface area contributed by atoms with Gasteiger partial charge >= 0.3 is 0 Å². The number of hydrogen-bond donors (Lipinski definition) is 1. The maximum absolute atomic E-state index is 3.62. The lowest BCUT2D eigenvalue weighted by molar-refractivity contribution is 0.155. The van der Waals surface area contributed by atoms with Crippen LogP contribution in [0.5, 0.6) is 0 Å². The van der Waals surface area contributed by atoms with Crippen LogP contribution in [0.3, 0.4) is 0 Å². The van der Waals surface area contributed by atoms with Gasteiger partial charge in [0.15, 0.2) is 0 Å². The second kappa shape index (κ2) is 5.64. The van der Waals surface area contributed by atoms with E-state index in [9.17, 15) is 0 Å². The first-order valence-corrected chi connectivity index (χ1v) is 7.42. The van der Waals surface area contributed by atoms with E-state index in [1.54, 1.807) is 0 Å².